The highest BCUT2D eigenvalue weighted by Gasteiger charge is 2.17. The Morgan fingerprint density at radius 1 is 1.04 bits per heavy atom. The fraction of sp³-hybridized carbons (Fsp3) is 0.158. The fourth-order valence-electron chi connectivity index (χ4n) is 3.14. The number of benzene rings is 2. The van der Waals surface area contributed by atoms with E-state index < -0.39 is 0 Å². The molecule has 4 rings (SSSR count). The van der Waals surface area contributed by atoms with Gasteiger partial charge in [0.1, 0.15) is 0 Å². The van der Waals surface area contributed by atoms with Crippen molar-refractivity contribution in [2.45, 2.75) is 19.8 Å². The van der Waals surface area contributed by atoms with Gasteiger partial charge < -0.3 is 4.98 Å². The molecule has 0 unspecified atom stereocenters. The van der Waals surface area contributed by atoms with Crippen LogP contribution < -0.4 is 5.56 Å². The summed E-state index contributed by atoms with van der Waals surface area (Å²) in [6.07, 6.45) is 1.87. The number of nitrogens with zero attached hydrogens (tertiary/aromatic N) is 2. The van der Waals surface area contributed by atoms with Gasteiger partial charge in [-0.05, 0) is 24.6 Å². The summed E-state index contributed by atoms with van der Waals surface area (Å²) < 4.78 is 1.91. The molecule has 2 aromatic carbocycles. The average molecular weight is 303 g/mol. The van der Waals surface area contributed by atoms with Gasteiger partial charge in [0.15, 0.2) is 5.52 Å². The molecule has 0 bridgehead atoms. The fourth-order valence-corrected chi connectivity index (χ4v) is 3.14. The number of aromatic nitrogens is 3. The zero-order valence-electron chi connectivity index (χ0n) is 12.9. The highest BCUT2D eigenvalue weighted by molar-refractivity contribution is 6.05. The van der Waals surface area contributed by atoms with Crippen LogP contribution in [0.15, 0.2) is 59.4 Å². The van der Waals surface area contributed by atoms with Crippen molar-refractivity contribution in [2.75, 3.05) is 0 Å². The van der Waals surface area contributed by atoms with Gasteiger partial charge in [-0.25, -0.2) is 4.68 Å². The highest BCUT2D eigenvalue weighted by Crippen LogP contribution is 2.27. The van der Waals surface area contributed by atoms with Crippen LogP contribution in [0.3, 0.4) is 0 Å². The number of para-hydroxylation sites is 2. The summed E-state index contributed by atoms with van der Waals surface area (Å²) in [5.41, 5.74) is 3.31. The van der Waals surface area contributed by atoms with Crippen molar-refractivity contribution in [1.29, 1.82) is 0 Å². The van der Waals surface area contributed by atoms with E-state index in [1.54, 1.807) is 0 Å². The van der Waals surface area contributed by atoms with Gasteiger partial charge in [0.25, 0.3) is 5.56 Å². The second kappa shape index (κ2) is 5.39. The SMILES string of the molecule is CCCc1c2c(nn1-c1ccccc1)c(=O)[nH]c1ccccc12. The number of hydrogen-bond acceptors (Lipinski definition) is 2. The molecule has 23 heavy (non-hydrogen) atoms. The summed E-state index contributed by atoms with van der Waals surface area (Å²) in [7, 11) is 0. The van der Waals surface area contributed by atoms with E-state index >= 15 is 0 Å². The van der Waals surface area contributed by atoms with E-state index in [2.05, 4.69) is 17.0 Å². The summed E-state index contributed by atoms with van der Waals surface area (Å²) in [6.45, 7) is 2.14. The molecule has 0 fully saturated rings. The molecule has 0 amide bonds. The Morgan fingerprint density at radius 3 is 2.57 bits per heavy atom. The zero-order chi connectivity index (χ0) is 15.8. The quantitative estimate of drug-likeness (QED) is 0.625. The van der Waals surface area contributed by atoms with E-state index in [4.69, 9.17) is 0 Å². The van der Waals surface area contributed by atoms with E-state index in [0.717, 1.165) is 40.5 Å². The lowest BCUT2D eigenvalue weighted by atomic mass is 10.1. The molecule has 0 saturated heterocycles. The molecule has 4 aromatic rings. The van der Waals surface area contributed by atoms with Crippen LogP contribution >= 0.6 is 0 Å². The van der Waals surface area contributed by atoms with Gasteiger partial charge in [-0.3, -0.25) is 4.79 Å². The van der Waals surface area contributed by atoms with E-state index in [-0.39, 0.29) is 5.56 Å². The summed E-state index contributed by atoms with van der Waals surface area (Å²) in [5, 5.41) is 6.64. The maximum absolute atomic E-state index is 12.5. The molecule has 0 radical (unpaired) electrons. The van der Waals surface area contributed by atoms with Gasteiger partial charge in [0, 0.05) is 16.3 Å². The standard InChI is InChI=1S/C19H17N3O/c1-2-8-16-17-14-11-6-7-12-15(14)20-19(23)18(17)21-22(16)13-9-4-3-5-10-13/h3-7,9-12H,2,8H2,1H3,(H,20,23). The number of H-pyrrole nitrogens is 1. The summed E-state index contributed by atoms with van der Waals surface area (Å²) in [6, 6.07) is 17.9. The lowest BCUT2D eigenvalue weighted by molar-refractivity contribution is 0.784. The van der Waals surface area contributed by atoms with Gasteiger partial charge in [0.05, 0.1) is 11.4 Å². The Labute approximate surface area is 133 Å². The summed E-state index contributed by atoms with van der Waals surface area (Å²) in [5.74, 6) is 0. The van der Waals surface area contributed by atoms with E-state index in [9.17, 15) is 4.79 Å². The first-order valence-electron chi connectivity index (χ1n) is 7.87. The van der Waals surface area contributed by atoms with Crippen LogP contribution in [0.2, 0.25) is 0 Å². The van der Waals surface area contributed by atoms with Crippen molar-refractivity contribution in [3.8, 4) is 5.69 Å². The van der Waals surface area contributed by atoms with Crippen molar-refractivity contribution in [3.63, 3.8) is 0 Å². The van der Waals surface area contributed by atoms with Crippen LogP contribution in [0.1, 0.15) is 19.0 Å². The molecule has 1 N–H and O–H groups in total. The minimum atomic E-state index is -0.134. The van der Waals surface area contributed by atoms with Gasteiger partial charge >= 0.3 is 0 Å². The number of aryl methyl sites for hydroxylation is 1. The largest absolute Gasteiger partial charge is 0.320 e. The molecule has 0 spiro atoms. The Bertz CT molecular complexity index is 1040. The number of nitrogens with one attached hydrogen (secondary N) is 1. The molecule has 4 heteroatoms. The molecule has 0 aliphatic rings. The molecule has 0 atom stereocenters. The lowest BCUT2D eigenvalue weighted by Crippen LogP contribution is -2.06. The first kappa shape index (κ1) is 13.8. The van der Waals surface area contributed by atoms with E-state index in [1.165, 1.54) is 0 Å². The van der Waals surface area contributed by atoms with Gasteiger partial charge in [-0.2, -0.15) is 5.10 Å². The molecule has 0 saturated carbocycles. The van der Waals surface area contributed by atoms with Crippen LogP contribution in [0.4, 0.5) is 0 Å². The normalized spacial score (nSPS) is 11.3. The topological polar surface area (TPSA) is 50.7 Å². The molecule has 2 heterocycles. The van der Waals surface area contributed by atoms with Crippen molar-refractivity contribution in [2.24, 2.45) is 0 Å². The Hall–Kier alpha value is -2.88. The first-order valence-corrected chi connectivity index (χ1v) is 7.87. The van der Waals surface area contributed by atoms with Gasteiger partial charge in [-0.15, -0.1) is 0 Å². The van der Waals surface area contributed by atoms with Crippen LogP contribution in [-0.4, -0.2) is 14.8 Å². The minimum absolute atomic E-state index is 0.134. The van der Waals surface area contributed by atoms with Crippen LogP contribution in [0.5, 0.6) is 0 Å². The minimum Gasteiger partial charge on any atom is -0.320 e. The third kappa shape index (κ3) is 2.14. The zero-order valence-corrected chi connectivity index (χ0v) is 12.9. The van der Waals surface area contributed by atoms with Gasteiger partial charge in [0.2, 0.25) is 0 Å². The second-order valence-corrected chi connectivity index (χ2v) is 5.67. The smallest absolute Gasteiger partial charge is 0.276 e. The molecule has 0 aliphatic heterocycles. The van der Waals surface area contributed by atoms with E-state index in [1.807, 2.05) is 59.3 Å². The Balaban J connectivity index is 2.17. The second-order valence-electron chi connectivity index (χ2n) is 5.67. The predicted octanol–water partition coefficient (Wildman–Crippen LogP) is 3.82. The van der Waals surface area contributed by atoms with Crippen molar-refractivity contribution >= 4 is 21.8 Å². The van der Waals surface area contributed by atoms with Crippen molar-refractivity contribution in [3.05, 3.63) is 70.6 Å². The van der Waals surface area contributed by atoms with Crippen LogP contribution in [-0.2, 0) is 6.42 Å². The maximum atomic E-state index is 12.5. The van der Waals surface area contributed by atoms with Crippen LogP contribution in [0.25, 0.3) is 27.5 Å². The summed E-state index contributed by atoms with van der Waals surface area (Å²) in [4.78, 5) is 15.4. The molecular formula is C19H17N3O. The number of fused-ring (bicyclic) bond motifs is 3. The average Bonchev–Trinajstić information content (AvgIpc) is 2.97. The number of rotatable bonds is 3. The summed E-state index contributed by atoms with van der Waals surface area (Å²) >= 11 is 0. The number of aromatic amines is 1. The van der Waals surface area contributed by atoms with Gasteiger partial charge in [-0.1, -0.05) is 49.7 Å². The third-order valence-corrected chi connectivity index (χ3v) is 4.13. The molecule has 0 aliphatic carbocycles. The van der Waals surface area contributed by atoms with Crippen LogP contribution in [0, 0.1) is 0 Å². The molecule has 2 aromatic heterocycles. The maximum Gasteiger partial charge on any atom is 0.276 e. The first-order chi connectivity index (χ1) is 11.3. The van der Waals surface area contributed by atoms with Crippen molar-refractivity contribution in [1.82, 2.24) is 14.8 Å². The Kier molecular flexibility index (Phi) is 3.23. The molecule has 114 valence electrons. The number of pyridine rings is 1. The predicted molar refractivity (Wildman–Crippen MR) is 93.2 cm³/mol. The van der Waals surface area contributed by atoms with E-state index in [0.29, 0.717) is 5.52 Å². The Morgan fingerprint density at radius 2 is 1.78 bits per heavy atom. The lowest BCUT2D eigenvalue weighted by Gasteiger charge is -2.07. The highest BCUT2D eigenvalue weighted by atomic mass is 16.1. The monoisotopic (exact) mass is 303 g/mol. The third-order valence-electron chi connectivity index (χ3n) is 4.13. The molecule has 4 nitrogen and oxygen atoms in total. The number of hydrogen-bond donors (Lipinski definition) is 1. The molecular weight excluding hydrogens is 286 g/mol. The van der Waals surface area contributed by atoms with Crippen molar-refractivity contribution < 1.29 is 0 Å².